The van der Waals surface area contributed by atoms with Crippen LogP contribution in [0.1, 0.15) is 17.9 Å². The number of carbonyl (C=O) groups is 1. The second-order valence-corrected chi connectivity index (χ2v) is 5.53. The van der Waals surface area contributed by atoms with Gasteiger partial charge < -0.3 is 14.7 Å². The highest BCUT2D eigenvalue weighted by molar-refractivity contribution is 5.76. The normalized spacial score (nSPS) is 10.9. The molecule has 118 valence electrons. The standard InChI is InChI=1S/C16H22N4O2/c1-12-4-6-13(7-5-12)16-18-15(22-19-16)9-8-14(21)17-10-11-20(2)3/h4-7H,8-11H2,1-3H3,(H,17,21). The molecule has 0 unspecified atom stereocenters. The molecule has 1 amide bonds. The van der Waals surface area contributed by atoms with Crippen LogP contribution in [0.3, 0.4) is 0 Å². The lowest BCUT2D eigenvalue weighted by atomic mass is 10.1. The van der Waals surface area contributed by atoms with E-state index in [1.165, 1.54) is 5.56 Å². The molecule has 1 heterocycles. The van der Waals surface area contributed by atoms with E-state index in [-0.39, 0.29) is 5.91 Å². The molecule has 1 aromatic carbocycles. The fourth-order valence-corrected chi connectivity index (χ4v) is 1.90. The van der Waals surface area contributed by atoms with Crippen LogP contribution in [-0.2, 0) is 11.2 Å². The first-order valence-electron chi connectivity index (χ1n) is 7.35. The SMILES string of the molecule is Cc1ccc(-c2noc(CCC(=O)NCCN(C)C)n2)cc1. The number of hydrogen-bond donors (Lipinski definition) is 1. The van der Waals surface area contributed by atoms with Gasteiger partial charge in [0.1, 0.15) is 0 Å². The third kappa shape index (κ3) is 4.96. The van der Waals surface area contributed by atoms with Gasteiger partial charge in [-0.1, -0.05) is 35.0 Å². The highest BCUT2D eigenvalue weighted by atomic mass is 16.5. The molecule has 2 rings (SSSR count). The van der Waals surface area contributed by atoms with E-state index in [0.717, 1.165) is 12.1 Å². The Balaban J connectivity index is 1.82. The summed E-state index contributed by atoms with van der Waals surface area (Å²) in [6.07, 6.45) is 0.801. The van der Waals surface area contributed by atoms with Crippen molar-refractivity contribution in [2.24, 2.45) is 0 Å². The Morgan fingerprint density at radius 3 is 2.68 bits per heavy atom. The summed E-state index contributed by atoms with van der Waals surface area (Å²) in [5.41, 5.74) is 2.10. The molecule has 0 saturated heterocycles. The smallest absolute Gasteiger partial charge is 0.227 e. The number of nitrogens with one attached hydrogen (secondary N) is 1. The second-order valence-electron chi connectivity index (χ2n) is 5.53. The number of amides is 1. The van der Waals surface area contributed by atoms with E-state index in [0.29, 0.717) is 31.1 Å². The molecule has 6 nitrogen and oxygen atoms in total. The highest BCUT2D eigenvalue weighted by Gasteiger charge is 2.10. The van der Waals surface area contributed by atoms with Crippen LogP contribution in [0.25, 0.3) is 11.4 Å². The highest BCUT2D eigenvalue weighted by Crippen LogP contribution is 2.16. The zero-order chi connectivity index (χ0) is 15.9. The molecule has 0 fully saturated rings. The van der Waals surface area contributed by atoms with Gasteiger partial charge in [-0.25, -0.2) is 0 Å². The van der Waals surface area contributed by atoms with Crippen molar-refractivity contribution < 1.29 is 9.32 Å². The molecule has 1 N–H and O–H groups in total. The van der Waals surface area contributed by atoms with E-state index < -0.39 is 0 Å². The molecule has 0 saturated carbocycles. The van der Waals surface area contributed by atoms with Crippen molar-refractivity contribution in [3.8, 4) is 11.4 Å². The molecule has 6 heteroatoms. The van der Waals surface area contributed by atoms with Crippen molar-refractivity contribution >= 4 is 5.91 Å². The van der Waals surface area contributed by atoms with Gasteiger partial charge in [0.15, 0.2) is 0 Å². The van der Waals surface area contributed by atoms with Crippen LogP contribution in [0.15, 0.2) is 28.8 Å². The summed E-state index contributed by atoms with van der Waals surface area (Å²) in [5, 5.41) is 6.81. The Hall–Kier alpha value is -2.21. The fourth-order valence-electron chi connectivity index (χ4n) is 1.90. The van der Waals surface area contributed by atoms with Crippen molar-refractivity contribution in [2.75, 3.05) is 27.2 Å². The molecule has 0 atom stereocenters. The third-order valence-corrected chi connectivity index (χ3v) is 3.22. The van der Waals surface area contributed by atoms with Gasteiger partial charge >= 0.3 is 0 Å². The average Bonchev–Trinajstić information content (AvgIpc) is 2.94. The number of carbonyl (C=O) groups excluding carboxylic acids is 1. The first-order valence-corrected chi connectivity index (χ1v) is 7.35. The number of aryl methyl sites for hydroxylation is 2. The van der Waals surface area contributed by atoms with Gasteiger partial charge in [-0.15, -0.1) is 0 Å². The first-order chi connectivity index (χ1) is 10.5. The van der Waals surface area contributed by atoms with Crippen LogP contribution in [0, 0.1) is 6.92 Å². The molecule has 1 aromatic heterocycles. The van der Waals surface area contributed by atoms with Crippen LogP contribution < -0.4 is 5.32 Å². The largest absolute Gasteiger partial charge is 0.355 e. The maximum atomic E-state index is 11.7. The fraction of sp³-hybridized carbons (Fsp3) is 0.438. The Bertz CT molecular complexity index is 605. The van der Waals surface area contributed by atoms with Crippen molar-refractivity contribution in [3.05, 3.63) is 35.7 Å². The first kappa shape index (κ1) is 16.2. The molecular weight excluding hydrogens is 280 g/mol. The summed E-state index contributed by atoms with van der Waals surface area (Å²) in [7, 11) is 3.94. The van der Waals surface area contributed by atoms with Gasteiger partial charge in [-0.05, 0) is 21.0 Å². The van der Waals surface area contributed by atoms with Gasteiger partial charge in [0.2, 0.25) is 17.6 Å². The quantitative estimate of drug-likeness (QED) is 0.842. The van der Waals surface area contributed by atoms with Crippen molar-refractivity contribution in [2.45, 2.75) is 19.8 Å². The van der Waals surface area contributed by atoms with E-state index in [4.69, 9.17) is 4.52 Å². The maximum absolute atomic E-state index is 11.7. The number of hydrogen-bond acceptors (Lipinski definition) is 5. The van der Waals surface area contributed by atoms with Gasteiger partial charge in [0, 0.05) is 31.5 Å². The molecule has 2 aromatic rings. The number of aromatic nitrogens is 2. The average molecular weight is 302 g/mol. The van der Waals surface area contributed by atoms with Gasteiger partial charge in [-0.2, -0.15) is 4.98 Å². The number of nitrogens with zero attached hydrogens (tertiary/aromatic N) is 3. The second kappa shape index (κ2) is 7.70. The lowest BCUT2D eigenvalue weighted by Crippen LogP contribution is -2.31. The minimum absolute atomic E-state index is 0.00284. The van der Waals surface area contributed by atoms with Crippen LogP contribution >= 0.6 is 0 Å². The molecule has 0 aliphatic heterocycles. The van der Waals surface area contributed by atoms with Crippen molar-refractivity contribution in [3.63, 3.8) is 0 Å². The van der Waals surface area contributed by atoms with Crippen molar-refractivity contribution in [1.29, 1.82) is 0 Å². The number of rotatable bonds is 7. The van der Waals surface area contributed by atoms with Gasteiger partial charge in [0.05, 0.1) is 0 Å². The monoisotopic (exact) mass is 302 g/mol. The lowest BCUT2D eigenvalue weighted by molar-refractivity contribution is -0.121. The molecule has 0 aliphatic carbocycles. The predicted molar refractivity (Wildman–Crippen MR) is 84.4 cm³/mol. The predicted octanol–water partition coefficient (Wildman–Crippen LogP) is 1.66. The van der Waals surface area contributed by atoms with Crippen LogP contribution in [0.5, 0.6) is 0 Å². The van der Waals surface area contributed by atoms with Crippen LogP contribution in [0.4, 0.5) is 0 Å². The van der Waals surface area contributed by atoms with Gasteiger partial charge in [0.25, 0.3) is 0 Å². The molecule has 0 radical (unpaired) electrons. The van der Waals surface area contributed by atoms with E-state index in [1.54, 1.807) is 0 Å². The zero-order valence-corrected chi connectivity index (χ0v) is 13.3. The maximum Gasteiger partial charge on any atom is 0.227 e. The summed E-state index contributed by atoms with van der Waals surface area (Å²) in [6.45, 7) is 3.49. The number of benzene rings is 1. The van der Waals surface area contributed by atoms with Crippen LogP contribution in [-0.4, -0.2) is 48.1 Å². The van der Waals surface area contributed by atoms with E-state index in [9.17, 15) is 4.79 Å². The Morgan fingerprint density at radius 1 is 1.27 bits per heavy atom. The number of likely N-dealkylation sites (N-methyl/N-ethyl adjacent to an activating group) is 1. The third-order valence-electron chi connectivity index (χ3n) is 3.22. The Labute approximate surface area is 130 Å². The summed E-state index contributed by atoms with van der Waals surface area (Å²) in [4.78, 5) is 18.0. The zero-order valence-electron chi connectivity index (χ0n) is 13.3. The minimum atomic E-state index is -0.00284. The van der Waals surface area contributed by atoms with E-state index in [1.807, 2.05) is 50.2 Å². The summed E-state index contributed by atoms with van der Waals surface area (Å²) < 4.78 is 5.19. The summed E-state index contributed by atoms with van der Waals surface area (Å²) in [5.74, 6) is 1.04. The molecule has 22 heavy (non-hydrogen) atoms. The Kier molecular flexibility index (Phi) is 5.66. The van der Waals surface area contributed by atoms with Crippen molar-refractivity contribution in [1.82, 2.24) is 20.4 Å². The van der Waals surface area contributed by atoms with E-state index >= 15 is 0 Å². The van der Waals surface area contributed by atoms with Gasteiger partial charge in [-0.3, -0.25) is 4.79 Å². The molecule has 0 spiro atoms. The molecular formula is C16H22N4O2. The summed E-state index contributed by atoms with van der Waals surface area (Å²) >= 11 is 0. The lowest BCUT2D eigenvalue weighted by Gasteiger charge is -2.09. The van der Waals surface area contributed by atoms with E-state index in [2.05, 4.69) is 15.5 Å². The molecule has 0 bridgehead atoms. The topological polar surface area (TPSA) is 71.3 Å². The minimum Gasteiger partial charge on any atom is -0.355 e. The summed E-state index contributed by atoms with van der Waals surface area (Å²) in [6, 6.07) is 7.92. The molecule has 0 aliphatic rings. The van der Waals surface area contributed by atoms with Crippen LogP contribution in [0.2, 0.25) is 0 Å². The Morgan fingerprint density at radius 2 is 2.00 bits per heavy atom.